The van der Waals surface area contributed by atoms with E-state index in [0.29, 0.717) is 31.0 Å². The Balaban J connectivity index is 1.64. The molecule has 1 aliphatic rings. The van der Waals surface area contributed by atoms with Gasteiger partial charge in [0, 0.05) is 25.4 Å². The van der Waals surface area contributed by atoms with Crippen molar-refractivity contribution in [1.29, 1.82) is 0 Å². The van der Waals surface area contributed by atoms with Gasteiger partial charge in [0.2, 0.25) is 5.91 Å². The van der Waals surface area contributed by atoms with E-state index in [1.165, 1.54) is 0 Å². The van der Waals surface area contributed by atoms with Crippen molar-refractivity contribution in [3.8, 4) is 11.3 Å². The van der Waals surface area contributed by atoms with E-state index < -0.39 is 0 Å². The highest BCUT2D eigenvalue weighted by Gasteiger charge is 2.33. The van der Waals surface area contributed by atoms with Crippen LogP contribution in [-0.2, 0) is 16.1 Å². The van der Waals surface area contributed by atoms with Gasteiger partial charge in [0.25, 0.3) is 5.91 Å². The van der Waals surface area contributed by atoms with Crippen LogP contribution in [-0.4, -0.2) is 64.9 Å². The summed E-state index contributed by atoms with van der Waals surface area (Å²) in [6.07, 6.45) is 1.78. The summed E-state index contributed by atoms with van der Waals surface area (Å²) >= 11 is 0. The predicted molar refractivity (Wildman–Crippen MR) is 117 cm³/mol. The number of aromatic nitrogens is 2. The molecule has 0 spiro atoms. The summed E-state index contributed by atoms with van der Waals surface area (Å²) in [5.74, 6) is -0.262. The second kappa shape index (κ2) is 9.14. The molecule has 0 radical (unpaired) electrons. The van der Waals surface area contributed by atoms with Gasteiger partial charge >= 0.3 is 0 Å². The van der Waals surface area contributed by atoms with Crippen LogP contribution in [0.2, 0.25) is 0 Å². The van der Waals surface area contributed by atoms with E-state index in [1.807, 2.05) is 61.5 Å². The molecular weight excluding hydrogens is 392 g/mol. The standard InChI is InChI=1S/C24H26N4O3/c1-18-8-10-20(11-9-18)23-21(15-28(25-23)14-19-6-4-3-5-7-19)24(30)27-16-22(29)26(17-27)12-13-31-2/h3-11,15H,12-14,16-17H2,1-2H3. The highest BCUT2D eigenvalue weighted by Crippen LogP contribution is 2.25. The van der Waals surface area contributed by atoms with E-state index in [4.69, 9.17) is 9.84 Å². The minimum absolute atomic E-state index is 0.0692. The molecule has 2 amide bonds. The number of carbonyl (C=O) groups is 2. The average Bonchev–Trinajstić information content (AvgIpc) is 3.36. The van der Waals surface area contributed by atoms with Crippen LogP contribution < -0.4 is 0 Å². The molecule has 160 valence electrons. The van der Waals surface area contributed by atoms with Gasteiger partial charge in [-0.05, 0) is 12.5 Å². The Bertz CT molecular complexity index is 1060. The number of carbonyl (C=O) groups excluding carboxylic acids is 2. The number of methoxy groups -OCH3 is 1. The predicted octanol–water partition coefficient (Wildman–Crippen LogP) is 2.80. The van der Waals surface area contributed by atoms with Gasteiger partial charge in [0.1, 0.15) is 12.2 Å². The van der Waals surface area contributed by atoms with Gasteiger partial charge in [0.15, 0.2) is 0 Å². The van der Waals surface area contributed by atoms with Gasteiger partial charge in [-0.3, -0.25) is 14.3 Å². The van der Waals surface area contributed by atoms with Gasteiger partial charge in [-0.25, -0.2) is 0 Å². The van der Waals surface area contributed by atoms with Crippen LogP contribution in [0.5, 0.6) is 0 Å². The van der Waals surface area contributed by atoms with E-state index in [-0.39, 0.29) is 25.0 Å². The monoisotopic (exact) mass is 418 g/mol. The fourth-order valence-corrected chi connectivity index (χ4v) is 3.66. The first kappa shape index (κ1) is 20.8. The van der Waals surface area contributed by atoms with Crippen molar-refractivity contribution < 1.29 is 14.3 Å². The average molecular weight is 418 g/mol. The molecule has 2 heterocycles. The van der Waals surface area contributed by atoms with Crippen molar-refractivity contribution in [3.05, 3.63) is 77.5 Å². The Morgan fingerprint density at radius 2 is 1.84 bits per heavy atom. The summed E-state index contributed by atoms with van der Waals surface area (Å²) < 4.78 is 6.86. The lowest BCUT2D eigenvalue weighted by molar-refractivity contribution is -0.127. The normalized spacial score (nSPS) is 13.8. The van der Waals surface area contributed by atoms with Crippen LogP contribution in [0.25, 0.3) is 11.3 Å². The minimum Gasteiger partial charge on any atom is -0.383 e. The lowest BCUT2D eigenvalue weighted by Gasteiger charge is -2.17. The third-order valence-electron chi connectivity index (χ3n) is 5.38. The zero-order valence-electron chi connectivity index (χ0n) is 17.8. The maximum Gasteiger partial charge on any atom is 0.259 e. The molecule has 0 atom stereocenters. The number of benzene rings is 2. The molecule has 3 aromatic rings. The molecular formula is C24H26N4O3. The summed E-state index contributed by atoms with van der Waals surface area (Å²) in [5, 5.41) is 4.74. The van der Waals surface area contributed by atoms with Gasteiger partial charge in [-0.2, -0.15) is 5.10 Å². The number of nitrogens with zero attached hydrogens (tertiary/aromatic N) is 4. The van der Waals surface area contributed by atoms with Crippen molar-refractivity contribution in [2.24, 2.45) is 0 Å². The first-order chi connectivity index (χ1) is 15.0. The second-order valence-electron chi connectivity index (χ2n) is 7.74. The van der Waals surface area contributed by atoms with Gasteiger partial charge in [-0.15, -0.1) is 0 Å². The smallest absolute Gasteiger partial charge is 0.259 e. The second-order valence-corrected chi connectivity index (χ2v) is 7.74. The minimum atomic E-state index is -0.192. The summed E-state index contributed by atoms with van der Waals surface area (Å²) in [5.41, 5.74) is 4.24. The molecule has 1 saturated heterocycles. The van der Waals surface area contributed by atoms with Gasteiger partial charge < -0.3 is 14.5 Å². The molecule has 1 aliphatic heterocycles. The highest BCUT2D eigenvalue weighted by atomic mass is 16.5. The molecule has 1 aromatic heterocycles. The number of ether oxygens (including phenoxy) is 1. The van der Waals surface area contributed by atoms with Crippen LogP contribution in [0.4, 0.5) is 0 Å². The Morgan fingerprint density at radius 1 is 1.10 bits per heavy atom. The van der Waals surface area contributed by atoms with Crippen LogP contribution >= 0.6 is 0 Å². The fourth-order valence-electron chi connectivity index (χ4n) is 3.66. The van der Waals surface area contributed by atoms with Crippen molar-refractivity contribution in [2.45, 2.75) is 13.5 Å². The molecule has 2 aromatic carbocycles. The maximum absolute atomic E-state index is 13.4. The van der Waals surface area contributed by atoms with Crippen LogP contribution in [0.3, 0.4) is 0 Å². The first-order valence-corrected chi connectivity index (χ1v) is 10.3. The Kier molecular flexibility index (Phi) is 6.13. The number of amides is 2. The van der Waals surface area contributed by atoms with Gasteiger partial charge in [-0.1, -0.05) is 60.2 Å². The first-order valence-electron chi connectivity index (χ1n) is 10.3. The molecule has 0 unspecified atom stereocenters. The molecule has 7 heteroatoms. The van der Waals surface area contributed by atoms with Crippen LogP contribution in [0.15, 0.2) is 60.8 Å². The highest BCUT2D eigenvalue weighted by molar-refractivity contribution is 6.02. The molecule has 0 N–H and O–H groups in total. The zero-order valence-corrected chi connectivity index (χ0v) is 17.8. The van der Waals surface area contributed by atoms with E-state index in [0.717, 1.165) is 16.7 Å². The maximum atomic E-state index is 13.4. The lowest BCUT2D eigenvalue weighted by Crippen LogP contribution is -2.33. The van der Waals surface area contributed by atoms with Crippen molar-refractivity contribution >= 4 is 11.8 Å². The van der Waals surface area contributed by atoms with E-state index in [9.17, 15) is 9.59 Å². The Labute approximate surface area is 181 Å². The van der Waals surface area contributed by atoms with Crippen molar-refractivity contribution in [3.63, 3.8) is 0 Å². The summed E-state index contributed by atoms with van der Waals surface area (Å²) in [6.45, 7) is 3.83. The van der Waals surface area contributed by atoms with Crippen LogP contribution in [0.1, 0.15) is 21.5 Å². The number of aryl methyl sites for hydroxylation is 1. The third-order valence-corrected chi connectivity index (χ3v) is 5.38. The van der Waals surface area contributed by atoms with E-state index in [2.05, 4.69) is 0 Å². The number of hydrogen-bond acceptors (Lipinski definition) is 4. The molecule has 0 aliphatic carbocycles. The molecule has 0 saturated carbocycles. The van der Waals surface area contributed by atoms with Crippen LogP contribution in [0, 0.1) is 6.92 Å². The largest absolute Gasteiger partial charge is 0.383 e. The summed E-state index contributed by atoms with van der Waals surface area (Å²) in [7, 11) is 1.60. The zero-order chi connectivity index (χ0) is 21.8. The fraction of sp³-hybridized carbons (Fsp3) is 0.292. The van der Waals surface area contributed by atoms with Gasteiger partial charge in [0.05, 0.1) is 25.4 Å². The summed E-state index contributed by atoms with van der Waals surface area (Å²) in [6, 6.07) is 18.0. The Hall–Kier alpha value is -3.45. The topological polar surface area (TPSA) is 67.7 Å². The molecule has 0 bridgehead atoms. The molecule has 4 rings (SSSR count). The van der Waals surface area contributed by atoms with Crippen molar-refractivity contribution in [1.82, 2.24) is 19.6 Å². The summed E-state index contributed by atoms with van der Waals surface area (Å²) in [4.78, 5) is 28.9. The number of rotatable bonds is 7. The quantitative estimate of drug-likeness (QED) is 0.592. The van der Waals surface area contributed by atoms with Crippen molar-refractivity contribution in [2.75, 3.05) is 33.5 Å². The molecule has 31 heavy (non-hydrogen) atoms. The molecule has 1 fully saturated rings. The Morgan fingerprint density at radius 3 is 2.55 bits per heavy atom. The lowest BCUT2D eigenvalue weighted by atomic mass is 10.1. The SMILES string of the molecule is COCCN1CN(C(=O)c2cn(Cc3ccccc3)nc2-c2ccc(C)cc2)CC1=O. The third kappa shape index (κ3) is 4.67. The molecule has 7 nitrogen and oxygen atoms in total. The van der Waals surface area contributed by atoms with E-state index in [1.54, 1.807) is 27.8 Å². The van der Waals surface area contributed by atoms with E-state index >= 15 is 0 Å². The number of hydrogen-bond donors (Lipinski definition) is 0.